The van der Waals surface area contributed by atoms with Gasteiger partial charge in [0, 0.05) is 15.3 Å². The van der Waals surface area contributed by atoms with Crippen LogP contribution >= 0.6 is 23.4 Å². The Morgan fingerprint density at radius 1 is 1.00 bits per heavy atom. The van der Waals surface area contributed by atoms with Gasteiger partial charge < -0.3 is 4.42 Å². The van der Waals surface area contributed by atoms with E-state index in [1.54, 1.807) is 12.1 Å². The molecule has 0 aliphatic carbocycles. The number of rotatable bonds is 2. The Balaban J connectivity index is 2.05. The van der Waals surface area contributed by atoms with Crippen molar-refractivity contribution in [1.29, 1.82) is 0 Å². The standard InChI is InChI=1S/C15H9ClO2S/c16-11-5-3-6-12(9-11)19-14-8-10-4-1-2-7-13(10)18-15(14)17/h1-9H. The van der Waals surface area contributed by atoms with Crippen molar-refractivity contribution >= 4 is 34.3 Å². The van der Waals surface area contributed by atoms with Crippen LogP contribution in [-0.4, -0.2) is 0 Å². The SMILES string of the molecule is O=c1oc2ccccc2cc1Sc1cccc(Cl)c1. The van der Waals surface area contributed by atoms with Gasteiger partial charge in [0.1, 0.15) is 5.58 Å². The highest BCUT2D eigenvalue weighted by Crippen LogP contribution is 2.28. The third-order valence-electron chi connectivity index (χ3n) is 2.63. The van der Waals surface area contributed by atoms with E-state index in [0.29, 0.717) is 15.5 Å². The van der Waals surface area contributed by atoms with Crippen molar-refractivity contribution in [2.45, 2.75) is 9.79 Å². The molecule has 19 heavy (non-hydrogen) atoms. The summed E-state index contributed by atoms with van der Waals surface area (Å²) < 4.78 is 5.29. The van der Waals surface area contributed by atoms with Crippen LogP contribution in [0.5, 0.6) is 0 Å². The zero-order valence-corrected chi connectivity index (χ0v) is 11.4. The first-order chi connectivity index (χ1) is 9.22. The lowest BCUT2D eigenvalue weighted by Gasteiger charge is -2.02. The molecule has 2 aromatic carbocycles. The third kappa shape index (κ3) is 2.67. The molecule has 0 N–H and O–H groups in total. The van der Waals surface area contributed by atoms with E-state index in [1.165, 1.54) is 11.8 Å². The molecule has 0 radical (unpaired) electrons. The van der Waals surface area contributed by atoms with E-state index in [0.717, 1.165) is 10.3 Å². The van der Waals surface area contributed by atoms with Gasteiger partial charge in [-0.3, -0.25) is 0 Å². The summed E-state index contributed by atoms with van der Waals surface area (Å²) in [6, 6.07) is 16.7. The molecule has 3 aromatic rings. The topological polar surface area (TPSA) is 30.2 Å². The maximum absolute atomic E-state index is 11.9. The summed E-state index contributed by atoms with van der Waals surface area (Å²) in [5.74, 6) is 0. The van der Waals surface area contributed by atoms with Crippen LogP contribution < -0.4 is 5.63 Å². The number of hydrogen-bond acceptors (Lipinski definition) is 3. The molecule has 0 spiro atoms. The number of hydrogen-bond donors (Lipinski definition) is 0. The van der Waals surface area contributed by atoms with E-state index in [-0.39, 0.29) is 5.63 Å². The molecule has 1 heterocycles. The van der Waals surface area contributed by atoms with Gasteiger partial charge in [-0.1, -0.05) is 47.6 Å². The maximum atomic E-state index is 11.9. The molecule has 0 fully saturated rings. The van der Waals surface area contributed by atoms with Crippen LogP contribution in [0, 0.1) is 0 Å². The number of benzene rings is 2. The minimum absolute atomic E-state index is 0.330. The molecule has 0 atom stereocenters. The molecule has 0 aliphatic heterocycles. The minimum atomic E-state index is -0.330. The smallest absolute Gasteiger partial charge is 0.350 e. The van der Waals surface area contributed by atoms with Gasteiger partial charge in [0.15, 0.2) is 0 Å². The zero-order valence-electron chi connectivity index (χ0n) is 9.80. The summed E-state index contributed by atoms with van der Waals surface area (Å²) in [5, 5.41) is 1.56. The number of fused-ring (bicyclic) bond motifs is 1. The van der Waals surface area contributed by atoms with Crippen molar-refractivity contribution in [3.8, 4) is 0 Å². The Hall–Kier alpha value is -1.71. The molecule has 0 saturated heterocycles. The van der Waals surface area contributed by atoms with Crippen LogP contribution in [0.15, 0.2) is 73.6 Å². The number of halogens is 1. The van der Waals surface area contributed by atoms with Crippen molar-refractivity contribution in [2.75, 3.05) is 0 Å². The van der Waals surface area contributed by atoms with Crippen LogP contribution in [0.3, 0.4) is 0 Å². The second-order valence-electron chi connectivity index (χ2n) is 4.00. The van der Waals surface area contributed by atoms with Crippen LogP contribution in [-0.2, 0) is 0 Å². The minimum Gasteiger partial charge on any atom is -0.422 e. The monoisotopic (exact) mass is 288 g/mol. The fourth-order valence-electron chi connectivity index (χ4n) is 1.77. The van der Waals surface area contributed by atoms with E-state index < -0.39 is 0 Å². The van der Waals surface area contributed by atoms with E-state index in [9.17, 15) is 4.79 Å². The van der Waals surface area contributed by atoms with E-state index in [2.05, 4.69) is 0 Å². The summed E-state index contributed by atoms with van der Waals surface area (Å²) in [5.41, 5.74) is 0.270. The first-order valence-corrected chi connectivity index (χ1v) is 6.88. The van der Waals surface area contributed by atoms with Gasteiger partial charge in [0.2, 0.25) is 0 Å². The second-order valence-corrected chi connectivity index (χ2v) is 5.55. The van der Waals surface area contributed by atoms with Gasteiger partial charge in [0.05, 0.1) is 4.90 Å². The predicted octanol–water partition coefficient (Wildman–Crippen LogP) is 4.60. The zero-order chi connectivity index (χ0) is 13.2. The first kappa shape index (κ1) is 12.3. The lowest BCUT2D eigenvalue weighted by molar-refractivity contribution is 0.544. The number of para-hydroxylation sites is 1. The largest absolute Gasteiger partial charge is 0.422 e. The molecule has 2 nitrogen and oxygen atoms in total. The van der Waals surface area contributed by atoms with Gasteiger partial charge >= 0.3 is 5.63 Å². The van der Waals surface area contributed by atoms with Crippen LogP contribution in [0.25, 0.3) is 11.0 Å². The second kappa shape index (κ2) is 5.11. The van der Waals surface area contributed by atoms with E-state index in [1.807, 2.05) is 42.5 Å². The molecule has 4 heteroatoms. The molecule has 0 saturated carbocycles. The molecule has 0 aliphatic rings. The van der Waals surface area contributed by atoms with Crippen molar-refractivity contribution in [2.24, 2.45) is 0 Å². The molecular weight excluding hydrogens is 280 g/mol. The van der Waals surface area contributed by atoms with Gasteiger partial charge in [-0.15, -0.1) is 0 Å². The Morgan fingerprint density at radius 3 is 2.68 bits per heavy atom. The van der Waals surface area contributed by atoms with Gasteiger partial charge in [-0.25, -0.2) is 4.79 Å². The summed E-state index contributed by atoms with van der Waals surface area (Å²) in [4.78, 5) is 13.4. The summed E-state index contributed by atoms with van der Waals surface area (Å²) in [6.45, 7) is 0. The Kier molecular flexibility index (Phi) is 3.32. The first-order valence-electron chi connectivity index (χ1n) is 5.69. The van der Waals surface area contributed by atoms with Crippen molar-refractivity contribution in [1.82, 2.24) is 0 Å². The van der Waals surface area contributed by atoms with Crippen molar-refractivity contribution in [3.05, 3.63) is 70.0 Å². The Bertz CT molecular complexity index is 795. The highest BCUT2D eigenvalue weighted by Gasteiger charge is 2.07. The predicted molar refractivity (Wildman–Crippen MR) is 78.1 cm³/mol. The lowest BCUT2D eigenvalue weighted by atomic mass is 10.2. The fraction of sp³-hybridized carbons (Fsp3) is 0. The van der Waals surface area contributed by atoms with Gasteiger partial charge in [-0.2, -0.15) is 0 Å². The molecular formula is C15H9ClO2S. The summed E-state index contributed by atoms with van der Waals surface area (Å²) >= 11 is 7.28. The quantitative estimate of drug-likeness (QED) is 0.646. The Morgan fingerprint density at radius 2 is 1.84 bits per heavy atom. The Labute approximate surface area is 119 Å². The molecule has 0 bridgehead atoms. The lowest BCUT2D eigenvalue weighted by Crippen LogP contribution is -2.01. The fourth-order valence-corrected chi connectivity index (χ4v) is 2.92. The van der Waals surface area contributed by atoms with Crippen molar-refractivity contribution in [3.63, 3.8) is 0 Å². The van der Waals surface area contributed by atoms with E-state index in [4.69, 9.17) is 16.0 Å². The molecule has 0 unspecified atom stereocenters. The van der Waals surface area contributed by atoms with Crippen LogP contribution in [0.4, 0.5) is 0 Å². The third-order valence-corrected chi connectivity index (χ3v) is 3.86. The highest BCUT2D eigenvalue weighted by molar-refractivity contribution is 7.99. The highest BCUT2D eigenvalue weighted by atomic mass is 35.5. The van der Waals surface area contributed by atoms with Gasteiger partial charge in [-0.05, 0) is 30.3 Å². The van der Waals surface area contributed by atoms with Crippen LogP contribution in [0.2, 0.25) is 5.02 Å². The average molecular weight is 289 g/mol. The summed E-state index contributed by atoms with van der Waals surface area (Å²) in [7, 11) is 0. The van der Waals surface area contributed by atoms with Crippen molar-refractivity contribution < 1.29 is 4.42 Å². The molecule has 3 rings (SSSR count). The average Bonchev–Trinajstić information content (AvgIpc) is 2.40. The van der Waals surface area contributed by atoms with Crippen LogP contribution in [0.1, 0.15) is 0 Å². The molecule has 1 aromatic heterocycles. The van der Waals surface area contributed by atoms with Gasteiger partial charge in [0.25, 0.3) is 0 Å². The molecule has 94 valence electrons. The van der Waals surface area contributed by atoms with E-state index >= 15 is 0 Å². The molecule has 0 amide bonds. The normalized spacial score (nSPS) is 10.8. The summed E-state index contributed by atoms with van der Waals surface area (Å²) in [6.07, 6.45) is 0. The maximum Gasteiger partial charge on any atom is 0.350 e.